The molecule has 0 saturated carbocycles. The lowest BCUT2D eigenvalue weighted by atomic mass is 10.9. The molecule has 3 heteroatoms. The zero-order chi connectivity index (χ0) is 5.54. The number of hydrogen-bond donors (Lipinski definition) is 0. The van der Waals surface area contributed by atoms with Gasteiger partial charge in [-0.3, -0.25) is 0 Å². The van der Waals surface area contributed by atoms with Gasteiger partial charge in [-0.05, 0) is 12.0 Å². The summed E-state index contributed by atoms with van der Waals surface area (Å²) >= 11 is 6.75. The lowest BCUT2D eigenvalue weighted by Crippen LogP contribution is -1.85. The van der Waals surface area contributed by atoms with E-state index in [0.717, 1.165) is 5.75 Å². The van der Waals surface area contributed by atoms with Gasteiger partial charge in [-0.2, -0.15) is 0 Å². The van der Waals surface area contributed by atoms with E-state index in [0.29, 0.717) is 12.5 Å². The van der Waals surface area contributed by atoms with Crippen LogP contribution in [0, 0.1) is 0 Å². The van der Waals surface area contributed by atoms with Gasteiger partial charge in [0.25, 0.3) is 0 Å². The summed E-state index contributed by atoms with van der Waals surface area (Å²) in [5.41, 5.74) is 0. The van der Waals surface area contributed by atoms with E-state index in [1.54, 1.807) is 0 Å². The number of hydrogen-bond acceptors (Lipinski definition) is 2. The van der Waals surface area contributed by atoms with Crippen molar-refractivity contribution in [3.8, 4) is 0 Å². The monoisotopic (exact) mass is 140 g/mol. The highest BCUT2D eigenvalue weighted by molar-refractivity contribution is 7.94. The van der Waals surface area contributed by atoms with Crippen molar-refractivity contribution in [1.82, 2.24) is 0 Å². The minimum atomic E-state index is 0.590. The van der Waals surface area contributed by atoms with Gasteiger partial charge in [-0.15, -0.1) is 11.6 Å². The summed E-state index contributed by atoms with van der Waals surface area (Å²) in [6, 6.07) is 0. The third kappa shape index (κ3) is 6.60. The number of alkyl halides is 1. The van der Waals surface area contributed by atoms with Crippen LogP contribution in [0.25, 0.3) is 0 Å². The van der Waals surface area contributed by atoms with Gasteiger partial charge < -0.3 is 4.18 Å². The first-order valence-corrected chi connectivity index (χ1v) is 3.66. The predicted octanol–water partition coefficient (Wildman–Crippen LogP) is 1.91. The van der Waals surface area contributed by atoms with Gasteiger partial charge in [-0.1, -0.05) is 6.92 Å². The first kappa shape index (κ1) is 7.60. The highest BCUT2D eigenvalue weighted by Crippen LogP contribution is 1.99. The summed E-state index contributed by atoms with van der Waals surface area (Å²) in [7, 11) is 0. The molecule has 0 aromatic carbocycles. The molecule has 0 heterocycles. The van der Waals surface area contributed by atoms with Crippen molar-refractivity contribution >= 4 is 23.6 Å². The molecular formula is C4H9ClOS. The molecule has 0 aliphatic heterocycles. The topological polar surface area (TPSA) is 9.23 Å². The quantitative estimate of drug-likeness (QED) is 0.335. The Balaban J connectivity index is 2.45. The van der Waals surface area contributed by atoms with Crippen LogP contribution in [0.15, 0.2) is 0 Å². The van der Waals surface area contributed by atoms with Crippen LogP contribution in [0.1, 0.15) is 6.92 Å². The molecule has 0 unspecified atom stereocenters. The van der Waals surface area contributed by atoms with Gasteiger partial charge in [0.05, 0.1) is 6.61 Å². The maximum absolute atomic E-state index is 5.30. The summed E-state index contributed by atoms with van der Waals surface area (Å²) in [6.45, 7) is 2.69. The summed E-state index contributed by atoms with van der Waals surface area (Å²) in [5.74, 6) is 1.59. The van der Waals surface area contributed by atoms with Gasteiger partial charge in [0.15, 0.2) is 0 Å². The third-order valence-electron chi connectivity index (χ3n) is 0.362. The predicted molar refractivity (Wildman–Crippen MR) is 34.8 cm³/mol. The molecule has 7 heavy (non-hydrogen) atoms. The lowest BCUT2D eigenvalue weighted by molar-refractivity contribution is 0.405. The van der Waals surface area contributed by atoms with Crippen molar-refractivity contribution in [1.29, 1.82) is 0 Å². The normalized spacial score (nSPS) is 9.43. The molecule has 0 radical (unpaired) electrons. The second-order valence-corrected chi connectivity index (χ2v) is 2.34. The summed E-state index contributed by atoms with van der Waals surface area (Å²) < 4.78 is 4.92. The average molecular weight is 141 g/mol. The van der Waals surface area contributed by atoms with E-state index in [-0.39, 0.29) is 0 Å². The van der Waals surface area contributed by atoms with E-state index >= 15 is 0 Å². The first-order valence-electron chi connectivity index (χ1n) is 2.22. The first-order chi connectivity index (χ1) is 3.41. The van der Waals surface area contributed by atoms with Crippen molar-refractivity contribution in [2.24, 2.45) is 0 Å². The Morgan fingerprint density at radius 3 is 2.86 bits per heavy atom. The Morgan fingerprint density at radius 2 is 2.43 bits per heavy atom. The van der Waals surface area contributed by atoms with Crippen LogP contribution in [-0.4, -0.2) is 18.2 Å². The van der Waals surface area contributed by atoms with Crippen molar-refractivity contribution in [2.75, 3.05) is 18.2 Å². The second-order valence-electron chi connectivity index (χ2n) is 0.917. The fourth-order valence-corrected chi connectivity index (χ4v) is 0.710. The number of rotatable bonds is 4. The molecule has 0 saturated heterocycles. The van der Waals surface area contributed by atoms with Gasteiger partial charge in [0.2, 0.25) is 0 Å². The van der Waals surface area contributed by atoms with E-state index in [2.05, 4.69) is 0 Å². The molecule has 0 spiro atoms. The van der Waals surface area contributed by atoms with E-state index in [9.17, 15) is 0 Å². The maximum Gasteiger partial charge on any atom is 0.0749 e. The fraction of sp³-hybridized carbons (Fsp3) is 1.00. The summed E-state index contributed by atoms with van der Waals surface area (Å²) in [5, 5.41) is 0. The Labute approximate surface area is 53.6 Å². The SMILES string of the molecule is CCSOCCCl. The fourth-order valence-electron chi connectivity index (χ4n) is 0.174. The Bertz CT molecular complexity index is 30.9. The molecule has 0 aromatic rings. The van der Waals surface area contributed by atoms with Gasteiger partial charge in [0.1, 0.15) is 0 Å². The Kier molecular flexibility index (Phi) is 7.17. The Hall–Kier alpha value is 0.600. The van der Waals surface area contributed by atoms with E-state index in [1.807, 2.05) is 6.92 Å². The largest absolute Gasteiger partial charge is 0.314 e. The smallest absolute Gasteiger partial charge is 0.0749 e. The summed E-state index contributed by atoms with van der Waals surface area (Å²) in [4.78, 5) is 0. The molecule has 0 aromatic heterocycles. The molecule has 0 aliphatic carbocycles. The van der Waals surface area contributed by atoms with Crippen molar-refractivity contribution in [3.63, 3.8) is 0 Å². The van der Waals surface area contributed by atoms with Crippen molar-refractivity contribution in [2.45, 2.75) is 6.92 Å². The van der Waals surface area contributed by atoms with Gasteiger partial charge in [0, 0.05) is 11.6 Å². The molecule has 0 bridgehead atoms. The van der Waals surface area contributed by atoms with Gasteiger partial charge >= 0.3 is 0 Å². The third-order valence-corrected chi connectivity index (χ3v) is 1.09. The molecule has 0 fully saturated rings. The lowest BCUT2D eigenvalue weighted by Gasteiger charge is -1.92. The van der Waals surface area contributed by atoms with E-state index in [1.165, 1.54) is 12.0 Å². The molecular weight excluding hydrogens is 132 g/mol. The maximum atomic E-state index is 5.30. The molecule has 0 aliphatic rings. The van der Waals surface area contributed by atoms with Crippen molar-refractivity contribution < 1.29 is 4.18 Å². The average Bonchev–Trinajstić information content (AvgIpc) is 1.69. The zero-order valence-electron chi connectivity index (χ0n) is 4.32. The molecule has 0 atom stereocenters. The standard InChI is InChI=1S/C4H9ClOS/c1-2-7-6-4-3-5/h2-4H2,1H3. The second kappa shape index (κ2) is 6.60. The van der Waals surface area contributed by atoms with Crippen LogP contribution in [-0.2, 0) is 4.18 Å². The van der Waals surface area contributed by atoms with Crippen LogP contribution in [0.5, 0.6) is 0 Å². The van der Waals surface area contributed by atoms with Crippen LogP contribution < -0.4 is 0 Å². The van der Waals surface area contributed by atoms with Gasteiger partial charge in [-0.25, -0.2) is 0 Å². The van der Waals surface area contributed by atoms with Crippen LogP contribution in [0.4, 0.5) is 0 Å². The number of halogens is 1. The molecule has 0 rings (SSSR count). The van der Waals surface area contributed by atoms with Crippen molar-refractivity contribution in [3.05, 3.63) is 0 Å². The zero-order valence-corrected chi connectivity index (χ0v) is 5.89. The van der Waals surface area contributed by atoms with Crippen LogP contribution in [0.2, 0.25) is 0 Å². The van der Waals surface area contributed by atoms with Crippen LogP contribution in [0.3, 0.4) is 0 Å². The molecule has 1 nitrogen and oxygen atoms in total. The van der Waals surface area contributed by atoms with E-state index in [4.69, 9.17) is 15.8 Å². The van der Waals surface area contributed by atoms with E-state index < -0.39 is 0 Å². The highest BCUT2D eigenvalue weighted by atomic mass is 35.5. The Morgan fingerprint density at radius 1 is 1.71 bits per heavy atom. The minimum Gasteiger partial charge on any atom is -0.314 e. The molecule has 44 valence electrons. The highest BCUT2D eigenvalue weighted by Gasteiger charge is 1.80. The molecule has 0 amide bonds. The van der Waals surface area contributed by atoms with Crippen LogP contribution >= 0.6 is 23.6 Å². The minimum absolute atomic E-state index is 0.590. The molecule has 0 N–H and O–H groups in total. The summed E-state index contributed by atoms with van der Waals surface area (Å²) in [6.07, 6.45) is 0.